The molecule has 216 valence electrons. The van der Waals surface area contributed by atoms with Crippen molar-refractivity contribution in [1.82, 2.24) is 26.3 Å². The van der Waals surface area contributed by atoms with Crippen molar-refractivity contribution >= 4 is 40.3 Å². The van der Waals surface area contributed by atoms with Gasteiger partial charge in [-0.2, -0.15) is 0 Å². The predicted octanol–water partition coefficient (Wildman–Crippen LogP) is 2.14. The molecule has 11 heteroatoms. The number of hydrogen-bond acceptors (Lipinski definition) is 5. The van der Waals surface area contributed by atoms with Crippen molar-refractivity contribution in [1.29, 1.82) is 0 Å². The number of H-pyrrole nitrogens is 1. The summed E-state index contributed by atoms with van der Waals surface area (Å²) < 4.78 is 13.7. The number of fused-ring (bicyclic) bond motifs is 1. The van der Waals surface area contributed by atoms with Crippen LogP contribution in [0.1, 0.15) is 49.7 Å². The number of aromatic amines is 1. The molecule has 0 radical (unpaired) electrons. The Balaban J connectivity index is 1.58. The van der Waals surface area contributed by atoms with Crippen LogP contribution in [0.15, 0.2) is 54.6 Å². The van der Waals surface area contributed by atoms with Gasteiger partial charge in [-0.1, -0.05) is 30.3 Å². The summed E-state index contributed by atoms with van der Waals surface area (Å²) in [6.07, 6.45) is 0.490. The van der Waals surface area contributed by atoms with E-state index in [9.17, 15) is 28.4 Å². The van der Waals surface area contributed by atoms with Crippen molar-refractivity contribution in [3.8, 4) is 0 Å². The van der Waals surface area contributed by atoms with Crippen LogP contribution in [0.25, 0.3) is 10.9 Å². The number of Topliss-reactive ketones (excluding diaryl/α,β-unsaturated/α-hetero) is 1. The van der Waals surface area contributed by atoms with E-state index in [-0.39, 0.29) is 24.4 Å². The monoisotopic (exact) mass is 563 g/mol. The summed E-state index contributed by atoms with van der Waals surface area (Å²) in [5, 5.41) is 11.1. The molecule has 0 saturated carbocycles. The second kappa shape index (κ2) is 12.3. The first-order chi connectivity index (χ1) is 19.4. The number of carbonyl (C=O) groups is 5. The average Bonchev–Trinajstić information content (AvgIpc) is 3.52. The van der Waals surface area contributed by atoms with Crippen LogP contribution in [0.3, 0.4) is 0 Å². The molecule has 0 bridgehead atoms. The molecule has 2 heterocycles. The molecule has 3 aromatic rings. The summed E-state index contributed by atoms with van der Waals surface area (Å²) in [5.74, 6) is -4.32. The van der Waals surface area contributed by atoms with Gasteiger partial charge in [0, 0.05) is 35.3 Å². The number of ketones is 1. The van der Waals surface area contributed by atoms with Gasteiger partial charge < -0.3 is 26.3 Å². The lowest BCUT2D eigenvalue weighted by Gasteiger charge is -2.26. The molecule has 2 aromatic carbocycles. The molecule has 1 aliphatic heterocycles. The van der Waals surface area contributed by atoms with Gasteiger partial charge in [0.25, 0.3) is 11.8 Å². The lowest BCUT2D eigenvalue weighted by molar-refractivity contribution is -0.141. The van der Waals surface area contributed by atoms with Gasteiger partial charge >= 0.3 is 0 Å². The molecule has 1 aliphatic rings. The predicted molar refractivity (Wildman–Crippen MR) is 150 cm³/mol. The highest BCUT2D eigenvalue weighted by Gasteiger charge is 2.36. The number of rotatable bonds is 10. The Labute approximate surface area is 236 Å². The van der Waals surface area contributed by atoms with Gasteiger partial charge in [-0.3, -0.25) is 24.0 Å². The third-order valence-electron chi connectivity index (χ3n) is 6.76. The van der Waals surface area contributed by atoms with Gasteiger partial charge in [0.15, 0.2) is 0 Å². The van der Waals surface area contributed by atoms with Crippen LogP contribution in [0.2, 0.25) is 0 Å². The molecule has 4 rings (SSSR count). The summed E-state index contributed by atoms with van der Waals surface area (Å²) in [6.45, 7) is 5.60. The first-order valence-corrected chi connectivity index (χ1v) is 13.5. The second-order valence-corrected chi connectivity index (χ2v) is 11.3. The van der Waals surface area contributed by atoms with Crippen LogP contribution in [0.5, 0.6) is 0 Å². The Morgan fingerprint density at radius 1 is 1.00 bits per heavy atom. The smallest absolute Gasteiger partial charge is 0.290 e. The van der Waals surface area contributed by atoms with E-state index in [0.717, 1.165) is 5.56 Å². The van der Waals surface area contributed by atoms with Crippen molar-refractivity contribution < 1.29 is 28.4 Å². The Morgan fingerprint density at radius 2 is 1.73 bits per heavy atom. The maximum atomic E-state index is 13.7. The second-order valence-electron chi connectivity index (χ2n) is 11.3. The van der Waals surface area contributed by atoms with Crippen LogP contribution < -0.4 is 21.3 Å². The molecule has 1 saturated heterocycles. The van der Waals surface area contributed by atoms with Crippen molar-refractivity contribution in [2.24, 2.45) is 5.92 Å². The van der Waals surface area contributed by atoms with Crippen LogP contribution >= 0.6 is 0 Å². The van der Waals surface area contributed by atoms with Crippen LogP contribution in [-0.4, -0.2) is 58.6 Å². The third-order valence-corrected chi connectivity index (χ3v) is 6.76. The topological polar surface area (TPSA) is 149 Å². The zero-order valence-electron chi connectivity index (χ0n) is 23.2. The number of benzene rings is 2. The third kappa shape index (κ3) is 7.77. The summed E-state index contributed by atoms with van der Waals surface area (Å²) >= 11 is 0. The van der Waals surface area contributed by atoms with Gasteiger partial charge in [-0.05, 0) is 63.4 Å². The van der Waals surface area contributed by atoms with Crippen molar-refractivity contribution in [3.63, 3.8) is 0 Å². The fourth-order valence-corrected chi connectivity index (χ4v) is 4.74. The van der Waals surface area contributed by atoms with E-state index in [1.807, 2.05) is 6.07 Å². The molecule has 4 amide bonds. The highest BCUT2D eigenvalue weighted by Crippen LogP contribution is 2.19. The van der Waals surface area contributed by atoms with Crippen molar-refractivity contribution in [3.05, 3.63) is 71.7 Å². The number of aromatic nitrogens is 1. The van der Waals surface area contributed by atoms with E-state index in [1.54, 1.807) is 45.0 Å². The van der Waals surface area contributed by atoms with Gasteiger partial charge in [-0.25, -0.2) is 4.39 Å². The van der Waals surface area contributed by atoms with E-state index in [2.05, 4.69) is 26.3 Å². The van der Waals surface area contributed by atoms with E-state index in [0.29, 0.717) is 23.9 Å². The largest absolute Gasteiger partial charge is 0.356 e. The number of carbonyl (C=O) groups excluding carboxylic acids is 5. The number of nitrogens with one attached hydrogen (secondary N) is 5. The highest BCUT2D eigenvalue weighted by molar-refractivity contribution is 6.38. The molecular weight excluding hydrogens is 529 g/mol. The normalized spacial score (nSPS) is 16.5. The lowest BCUT2D eigenvalue weighted by Crippen LogP contribution is -2.56. The van der Waals surface area contributed by atoms with Gasteiger partial charge in [0.1, 0.15) is 17.6 Å². The Bertz CT molecular complexity index is 1460. The Morgan fingerprint density at radius 3 is 2.39 bits per heavy atom. The van der Waals surface area contributed by atoms with E-state index in [1.165, 1.54) is 24.3 Å². The minimum atomic E-state index is -1.29. The fraction of sp³-hybridized carbons (Fsp3) is 0.367. The van der Waals surface area contributed by atoms with Gasteiger partial charge in [-0.15, -0.1) is 0 Å². The molecule has 3 atom stereocenters. The molecule has 1 fully saturated rings. The van der Waals surface area contributed by atoms with E-state index >= 15 is 0 Å². The average molecular weight is 564 g/mol. The molecule has 41 heavy (non-hydrogen) atoms. The van der Waals surface area contributed by atoms with Crippen LogP contribution in [-0.2, 0) is 25.6 Å². The number of hydrogen-bond donors (Lipinski definition) is 5. The lowest BCUT2D eigenvalue weighted by atomic mass is 9.94. The molecule has 10 nitrogen and oxygen atoms in total. The minimum absolute atomic E-state index is 0.0619. The fourth-order valence-electron chi connectivity index (χ4n) is 4.74. The highest BCUT2D eigenvalue weighted by atomic mass is 19.1. The maximum absolute atomic E-state index is 13.7. The van der Waals surface area contributed by atoms with Gasteiger partial charge in [0.2, 0.25) is 17.6 Å². The zero-order chi connectivity index (χ0) is 29.7. The van der Waals surface area contributed by atoms with E-state index in [4.69, 9.17) is 0 Å². The number of halogens is 1. The first-order valence-electron chi connectivity index (χ1n) is 13.5. The number of amides is 4. The SMILES string of the molecule is CC(C)(C)NC(=O)C(=O)C(C[C@@H]1CCNC1=O)NC(=O)[C@H](Cc1ccccc1)NC(=O)c1cc2cc(F)ccc2[nH]1. The summed E-state index contributed by atoms with van der Waals surface area (Å²) in [6, 6.07) is 12.1. The van der Waals surface area contributed by atoms with Crippen molar-refractivity contribution in [2.75, 3.05) is 6.54 Å². The molecule has 1 aromatic heterocycles. The summed E-state index contributed by atoms with van der Waals surface area (Å²) in [4.78, 5) is 68.0. The van der Waals surface area contributed by atoms with Crippen molar-refractivity contribution in [2.45, 2.75) is 57.7 Å². The summed E-state index contributed by atoms with van der Waals surface area (Å²) in [5.41, 5.74) is 0.718. The molecule has 0 spiro atoms. The Kier molecular flexibility index (Phi) is 8.85. The summed E-state index contributed by atoms with van der Waals surface area (Å²) in [7, 11) is 0. The minimum Gasteiger partial charge on any atom is -0.356 e. The van der Waals surface area contributed by atoms with E-state index < -0.39 is 52.9 Å². The quantitative estimate of drug-likeness (QED) is 0.240. The van der Waals surface area contributed by atoms with Crippen LogP contribution in [0, 0.1) is 11.7 Å². The standard InChI is InChI=1S/C30H34FN5O5/c1-30(2,3)36-29(41)25(37)22(15-18-11-12-32-26(18)38)34-27(39)23(13-17-7-5-4-6-8-17)35-28(40)24-16-19-14-20(31)9-10-21(19)33-24/h4-10,14,16,18,22-23,33H,11-13,15H2,1-3H3,(H,32,38)(H,34,39)(H,35,40)(H,36,41)/t18-,22?,23-/m0/s1. The maximum Gasteiger partial charge on any atom is 0.290 e. The Hall–Kier alpha value is -4.54. The molecule has 1 unspecified atom stereocenters. The molecule has 0 aliphatic carbocycles. The molecule has 5 N–H and O–H groups in total. The zero-order valence-corrected chi connectivity index (χ0v) is 23.2. The van der Waals surface area contributed by atoms with Gasteiger partial charge in [0.05, 0.1) is 6.04 Å². The molecular formula is C30H34FN5O5. The van der Waals surface area contributed by atoms with Crippen LogP contribution in [0.4, 0.5) is 4.39 Å². The first kappa shape index (κ1) is 29.4.